The summed E-state index contributed by atoms with van der Waals surface area (Å²) in [6.45, 7) is 8.51. The number of piperidine rings is 1. The van der Waals surface area contributed by atoms with Crippen LogP contribution in [0.2, 0.25) is 0 Å². The van der Waals surface area contributed by atoms with Crippen molar-refractivity contribution in [3.05, 3.63) is 0 Å². The summed E-state index contributed by atoms with van der Waals surface area (Å²) in [6, 6.07) is -0.114. The van der Waals surface area contributed by atoms with Gasteiger partial charge in [0.15, 0.2) is 5.96 Å². The highest BCUT2D eigenvalue weighted by Crippen LogP contribution is 2.21. The molecule has 1 fully saturated rings. The first kappa shape index (κ1) is 22.4. The molecule has 0 aromatic rings. The number of carbonyl (C=O) groups excluding carboxylic acids is 1. The van der Waals surface area contributed by atoms with E-state index >= 15 is 0 Å². The lowest BCUT2D eigenvalue weighted by Crippen LogP contribution is -2.48. The molecule has 0 radical (unpaired) electrons. The van der Waals surface area contributed by atoms with Gasteiger partial charge in [-0.05, 0) is 47.0 Å². The van der Waals surface area contributed by atoms with Crippen molar-refractivity contribution in [2.45, 2.75) is 71.2 Å². The standard InChI is InChI=1S/C17H31F3N4O2/c1-5-21-14(22-10-9-17(18,19)20)23-12-13-8-6-7-11-24(13)15(25)26-16(2,3)4/h13H,5-12H2,1-4H3,(H2,21,22,23). The Balaban J connectivity index is 2.67. The first-order valence-electron chi connectivity index (χ1n) is 9.10. The highest BCUT2D eigenvalue weighted by atomic mass is 19.4. The summed E-state index contributed by atoms with van der Waals surface area (Å²) in [6.07, 6.45) is -2.81. The summed E-state index contributed by atoms with van der Waals surface area (Å²) in [5, 5.41) is 5.61. The van der Waals surface area contributed by atoms with Gasteiger partial charge in [-0.15, -0.1) is 0 Å². The fourth-order valence-electron chi connectivity index (χ4n) is 2.61. The van der Waals surface area contributed by atoms with Crippen LogP contribution in [0, 0.1) is 0 Å². The Hall–Kier alpha value is -1.67. The van der Waals surface area contributed by atoms with Gasteiger partial charge >= 0.3 is 12.3 Å². The van der Waals surface area contributed by atoms with E-state index in [1.54, 1.807) is 4.90 Å². The van der Waals surface area contributed by atoms with Crippen molar-refractivity contribution < 1.29 is 22.7 Å². The predicted molar refractivity (Wildman–Crippen MR) is 95.2 cm³/mol. The van der Waals surface area contributed by atoms with Crippen LogP contribution in [0.5, 0.6) is 0 Å². The summed E-state index contributed by atoms with van der Waals surface area (Å²) in [5.41, 5.74) is -0.573. The Labute approximate surface area is 153 Å². The quantitative estimate of drug-likeness (QED) is 0.567. The van der Waals surface area contributed by atoms with Crippen LogP contribution in [0.15, 0.2) is 4.99 Å². The number of guanidine groups is 1. The van der Waals surface area contributed by atoms with Crippen molar-refractivity contribution in [1.29, 1.82) is 0 Å². The van der Waals surface area contributed by atoms with E-state index in [1.807, 2.05) is 27.7 Å². The van der Waals surface area contributed by atoms with E-state index in [4.69, 9.17) is 4.74 Å². The minimum absolute atomic E-state index is 0.114. The van der Waals surface area contributed by atoms with Gasteiger partial charge in [0.1, 0.15) is 5.60 Å². The van der Waals surface area contributed by atoms with E-state index in [0.717, 1.165) is 19.3 Å². The molecule has 0 aromatic heterocycles. The number of carbonyl (C=O) groups is 1. The zero-order valence-electron chi connectivity index (χ0n) is 16.1. The van der Waals surface area contributed by atoms with Crippen molar-refractivity contribution in [2.75, 3.05) is 26.2 Å². The number of alkyl halides is 3. The molecule has 1 unspecified atom stereocenters. The number of nitrogens with zero attached hydrogens (tertiary/aromatic N) is 2. The summed E-state index contributed by atoms with van der Waals surface area (Å²) in [5.74, 6) is 0.325. The molecule has 9 heteroatoms. The number of hydrogen-bond acceptors (Lipinski definition) is 3. The number of hydrogen-bond donors (Lipinski definition) is 2. The molecule has 1 rings (SSSR count). The van der Waals surface area contributed by atoms with Crippen molar-refractivity contribution >= 4 is 12.1 Å². The molecule has 26 heavy (non-hydrogen) atoms. The van der Waals surface area contributed by atoms with Crippen LogP contribution in [-0.2, 0) is 4.74 Å². The summed E-state index contributed by atoms with van der Waals surface area (Å²) in [4.78, 5) is 18.4. The Kier molecular flexibility index (Phi) is 8.49. The zero-order chi connectivity index (χ0) is 19.8. The number of ether oxygens (including phenoxy) is 1. The third kappa shape index (κ3) is 9.15. The molecule has 1 aliphatic heterocycles. The Bertz CT molecular complexity index is 476. The molecule has 0 spiro atoms. The molecule has 0 saturated carbocycles. The topological polar surface area (TPSA) is 66.0 Å². The largest absolute Gasteiger partial charge is 0.444 e. The van der Waals surface area contributed by atoms with Crippen LogP contribution in [-0.4, -0.2) is 61.0 Å². The minimum Gasteiger partial charge on any atom is -0.444 e. The minimum atomic E-state index is -4.21. The number of amides is 1. The first-order chi connectivity index (χ1) is 12.0. The summed E-state index contributed by atoms with van der Waals surface area (Å²) >= 11 is 0. The normalized spacial score (nSPS) is 19.3. The monoisotopic (exact) mass is 380 g/mol. The second-order valence-corrected chi connectivity index (χ2v) is 7.33. The van der Waals surface area contributed by atoms with Gasteiger partial charge in [-0.1, -0.05) is 0 Å². The number of nitrogens with one attached hydrogen (secondary N) is 2. The van der Waals surface area contributed by atoms with Gasteiger partial charge in [-0.25, -0.2) is 4.79 Å². The van der Waals surface area contributed by atoms with Crippen molar-refractivity contribution in [3.8, 4) is 0 Å². The van der Waals surface area contributed by atoms with Crippen LogP contribution < -0.4 is 10.6 Å². The molecule has 1 atom stereocenters. The Morgan fingerprint density at radius 3 is 2.50 bits per heavy atom. The smallest absolute Gasteiger partial charge is 0.410 e. The number of aliphatic imine (C=N–C) groups is 1. The Morgan fingerprint density at radius 1 is 1.23 bits per heavy atom. The van der Waals surface area contributed by atoms with Crippen LogP contribution in [0.3, 0.4) is 0 Å². The third-order valence-electron chi connectivity index (χ3n) is 3.76. The van der Waals surface area contributed by atoms with Gasteiger partial charge in [0.25, 0.3) is 0 Å². The zero-order valence-corrected chi connectivity index (χ0v) is 16.1. The molecular weight excluding hydrogens is 349 g/mol. The van der Waals surface area contributed by atoms with E-state index in [-0.39, 0.29) is 18.7 Å². The van der Waals surface area contributed by atoms with Crippen LogP contribution in [0.4, 0.5) is 18.0 Å². The van der Waals surface area contributed by atoms with Crippen LogP contribution in [0.25, 0.3) is 0 Å². The van der Waals surface area contributed by atoms with E-state index in [1.165, 1.54) is 0 Å². The number of rotatable bonds is 5. The van der Waals surface area contributed by atoms with Crippen molar-refractivity contribution in [2.24, 2.45) is 4.99 Å². The summed E-state index contributed by atoms with van der Waals surface area (Å²) in [7, 11) is 0. The number of halogens is 3. The van der Waals surface area contributed by atoms with Gasteiger partial charge in [0.05, 0.1) is 19.0 Å². The van der Waals surface area contributed by atoms with Gasteiger partial charge in [0.2, 0.25) is 0 Å². The maximum absolute atomic E-state index is 12.4. The lowest BCUT2D eigenvalue weighted by Gasteiger charge is -2.36. The molecule has 1 amide bonds. The van der Waals surface area contributed by atoms with Gasteiger partial charge in [-0.2, -0.15) is 13.2 Å². The maximum Gasteiger partial charge on any atom is 0.410 e. The first-order valence-corrected chi connectivity index (χ1v) is 9.10. The number of likely N-dealkylation sites (tertiary alicyclic amines) is 1. The van der Waals surface area contributed by atoms with E-state index in [2.05, 4.69) is 15.6 Å². The molecule has 1 heterocycles. The Morgan fingerprint density at radius 2 is 1.92 bits per heavy atom. The molecule has 0 aromatic carbocycles. The fourth-order valence-corrected chi connectivity index (χ4v) is 2.61. The SMILES string of the molecule is CCNC(=NCC1CCCCN1C(=O)OC(C)(C)C)NCCC(F)(F)F. The molecule has 0 bridgehead atoms. The van der Waals surface area contributed by atoms with Crippen molar-refractivity contribution in [3.63, 3.8) is 0 Å². The van der Waals surface area contributed by atoms with Gasteiger partial charge in [0, 0.05) is 19.6 Å². The molecule has 2 N–H and O–H groups in total. The second kappa shape index (κ2) is 9.87. The maximum atomic E-state index is 12.4. The summed E-state index contributed by atoms with van der Waals surface area (Å²) < 4.78 is 42.3. The average Bonchev–Trinajstić information content (AvgIpc) is 2.50. The highest BCUT2D eigenvalue weighted by molar-refractivity contribution is 5.79. The highest BCUT2D eigenvalue weighted by Gasteiger charge is 2.30. The molecule has 6 nitrogen and oxygen atoms in total. The lowest BCUT2D eigenvalue weighted by molar-refractivity contribution is -0.132. The molecule has 1 aliphatic rings. The molecular formula is C17H31F3N4O2. The average molecular weight is 380 g/mol. The molecule has 152 valence electrons. The van der Waals surface area contributed by atoms with Gasteiger partial charge in [-0.3, -0.25) is 4.99 Å². The molecule has 1 saturated heterocycles. The second-order valence-electron chi connectivity index (χ2n) is 7.33. The van der Waals surface area contributed by atoms with Crippen LogP contribution >= 0.6 is 0 Å². The van der Waals surface area contributed by atoms with Gasteiger partial charge < -0.3 is 20.3 Å². The lowest BCUT2D eigenvalue weighted by atomic mass is 10.0. The van der Waals surface area contributed by atoms with E-state index in [9.17, 15) is 18.0 Å². The van der Waals surface area contributed by atoms with E-state index < -0.39 is 18.2 Å². The predicted octanol–water partition coefficient (Wildman–Crippen LogP) is 3.28. The fraction of sp³-hybridized carbons (Fsp3) is 0.882. The van der Waals surface area contributed by atoms with E-state index in [0.29, 0.717) is 25.6 Å². The van der Waals surface area contributed by atoms with Crippen LogP contribution in [0.1, 0.15) is 53.4 Å². The third-order valence-corrected chi connectivity index (χ3v) is 3.76. The van der Waals surface area contributed by atoms with Crippen molar-refractivity contribution in [1.82, 2.24) is 15.5 Å². The molecule has 0 aliphatic carbocycles.